The van der Waals surface area contributed by atoms with Gasteiger partial charge in [-0.25, -0.2) is 9.80 Å². The van der Waals surface area contributed by atoms with E-state index in [1.807, 2.05) is 36.4 Å². The van der Waals surface area contributed by atoms with E-state index < -0.39 is 0 Å². The number of hydrogen-bond acceptors (Lipinski definition) is 5. The first-order chi connectivity index (χ1) is 13.6. The minimum absolute atomic E-state index is 0.135. The van der Waals surface area contributed by atoms with Crippen molar-refractivity contribution in [2.24, 2.45) is 5.10 Å². The highest BCUT2D eigenvalue weighted by molar-refractivity contribution is 6.17. The van der Waals surface area contributed by atoms with Crippen molar-refractivity contribution in [2.75, 3.05) is 26.1 Å². The number of rotatable bonds is 4. The summed E-state index contributed by atoms with van der Waals surface area (Å²) in [6, 6.07) is 11.3. The smallest absolute Gasteiger partial charge is 0.340 e. The lowest BCUT2D eigenvalue weighted by Crippen LogP contribution is -2.40. The highest BCUT2D eigenvalue weighted by atomic mass is 16.7. The van der Waals surface area contributed by atoms with Gasteiger partial charge in [0.05, 0.1) is 6.54 Å². The Hall–Kier alpha value is -3.22. The van der Waals surface area contributed by atoms with Crippen LogP contribution < -0.4 is 15.2 Å². The minimum atomic E-state index is -0.135. The van der Waals surface area contributed by atoms with Gasteiger partial charge in [-0.15, -0.1) is 0 Å². The molecule has 4 rings (SSSR count). The van der Waals surface area contributed by atoms with Crippen molar-refractivity contribution in [3.63, 3.8) is 0 Å². The summed E-state index contributed by atoms with van der Waals surface area (Å²) in [5.74, 6) is 1.37. The van der Waals surface area contributed by atoms with Crippen LogP contribution in [0.4, 0.5) is 10.5 Å². The zero-order valence-electron chi connectivity index (χ0n) is 16.1. The Morgan fingerprint density at radius 1 is 1.21 bits per heavy atom. The van der Waals surface area contributed by atoms with Crippen molar-refractivity contribution in [3.05, 3.63) is 53.1 Å². The number of amides is 2. The van der Waals surface area contributed by atoms with Gasteiger partial charge < -0.3 is 20.1 Å². The van der Waals surface area contributed by atoms with Gasteiger partial charge in [0.15, 0.2) is 11.5 Å². The molecule has 2 aliphatic heterocycles. The number of fused-ring (bicyclic) bond motifs is 2. The van der Waals surface area contributed by atoms with Crippen LogP contribution in [0.1, 0.15) is 36.5 Å². The van der Waals surface area contributed by atoms with E-state index in [1.165, 1.54) is 5.01 Å². The van der Waals surface area contributed by atoms with Crippen molar-refractivity contribution in [3.8, 4) is 11.5 Å². The van der Waals surface area contributed by atoms with E-state index in [0.29, 0.717) is 36.0 Å². The molecule has 0 atom stereocenters. The normalized spacial score (nSPS) is 14.5. The number of urea groups is 1. The molecule has 0 unspecified atom stereocenters. The maximum atomic E-state index is 13.0. The number of ether oxygens (including phenoxy) is 2. The Morgan fingerprint density at radius 2 is 1.96 bits per heavy atom. The molecule has 2 heterocycles. The Balaban J connectivity index is 1.77. The fraction of sp³-hybridized carbons (Fsp3) is 0.333. The standard InChI is InChI=1S/C21H24N4O3/c1-3-4-9-24(2)21(26)25-12-14-10-18-19(28-13-27-18)11-16(14)20(23-25)15-7-5-6-8-17(15)22/h5-8,10-11H,3-4,9,12-13,22H2,1-2H3. The first-order valence-electron chi connectivity index (χ1n) is 9.47. The van der Waals surface area contributed by atoms with E-state index in [-0.39, 0.29) is 12.8 Å². The summed E-state index contributed by atoms with van der Waals surface area (Å²) in [5.41, 5.74) is 10.1. The number of benzene rings is 2. The SMILES string of the molecule is CCCCN(C)C(=O)N1Cc2cc3c(cc2C(c2ccccc2N)=N1)OCO3. The molecule has 2 aromatic rings. The molecule has 2 amide bonds. The van der Waals surface area contributed by atoms with E-state index in [4.69, 9.17) is 20.3 Å². The molecule has 0 saturated heterocycles. The van der Waals surface area contributed by atoms with Gasteiger partial charge in [-0.05, 0) is 30.2 Å². The Labute approximate surface area is 164 Å². The number of nitrogens with zero attached hydrogens (tertiary/aromatic N) is 3. The number of anilines is 1. The molecule has 0 saturated carbocycles. The molecule has 7 nitrogen and oxygen atoms in total. The third kappa shape index (κ3) is 3.24. The number of para-hydroxylation sites is 1. The molecular formula is C21H24N4O3. The van der Waals surface area contributed by atoms with Crippen LogP contribution in [0.5, 0.6) is 11.5 Å². The van der Waals surface area contributed by atoms with Crippen LogP contribution in [-0.2, 0) is 6.54 Å². The van der Waals surface area contributed by atoms with Crippen LogP contribution in [0.3, 0.4) is 0 Å². The molecule has 0 bridgehead atoms. The molecule has 2 aliphatic rings. The maximum Gasteiger partial charge on any atom is 0.340 e. The van der Waals surface area contributed by atoms with Gasteiger partial charge in [-0.2, -0.15) is 5.10 Å². The van der Waals surface area contributed by atoms with Crippen molar-refractivity contribution in [2.45, 2.75) is 26.3 Å². The molecule has 2 N–H and O–H groups in total. The fourth-order valence-electron chi connectivity index (χ4n) is 3.42. The number of unbranched alkanes of at least 4 members (excludes halogenated alkanes) is 1. The first-order valence-corrected chi connectivity index (χ1v) is 9.47. The summed E-state index contributed by atoms with van der Waals surface area (Å²) in [6.07, 6.45) is 1.98. The zero-order chi connectivity index (χ0) is 19.7. The number of nitrogens with two attached hydrogens (primary N) is 1. The monoisotopic (exact) mass is 380 g/mol. The molecule has 0 radical (unpaired) electrons. The molecule has 146 valence electrons. The lowest BCUT2D eigenvalue weighted by atomic mass is 9.94. The quantitative estimate of drug-likeness (QED) is 0.824. The second kappa shape index (κ2) is 7.42. The predicted molar refractivity (Wildman–Crippen MR) is 108 cm³/mol. The van der Waals surface area contributed by atoms with Crippen LogP contribution in [0.2, 0.25) is 0 Å². The van der Waals surface area contributed by atoms with E-state index in [1.54, 1.807) is 11.9 Å². The number of hydrogen-bond donors (Lipinski definition) is 1. The second-order valence-electron chi connectivity index (χ2n) is 7.01. The molecule has 0 aliphatic carbocycles. The van der Waals surface area contributed by atoms with Crippen LogP contribution in [0.15, 0.2) is 41.5 Å². The van der Waals surface area contributed by atoms with Gasteiger partial charge >= 0.3 is 6.03 Å². The lowest BCUT2D eigenvalue weighted by molar-refractivity contribution is 0.160. The number of hydrazone groups is 1. The average Bonchev–Trinajstić information content (AvgIpc) is 3.16. The lowest BCUT2D eigenvalue weighted by Gasteiger charge is -2.30. The van der Waals surface area contributed by atoms with E-state index in [9.17, 15) is 4.79 Å². The Kier molecular flexibility index (Phi) is 4.81. The van der Waals surface area contributed by atoms with Crippen LogP contribution in [-0.4, -0.2) is 42.0 Å². The second-order valence-corrected chi connectivity index (χ2v) is 7.01. The summed E-state index contributed by atoms with van der Waals surface area (Å²) in [5, 5.41) is 6.19. The summed E-state index contributed by atoms with van der Waals surface area (Å²) >= 11 is 0. The molecule has 0 spiro atoms. The molecule has 28 heavy (non-hydrogen) atoms. The molecular weight excluding hydrogens is 356 g/mol. The largest absolute Gasteiger partial charge is 0.454 e. The predicted octanol–water partition coefficient (Wildman–Crippen LogP) is 3.42. The van der Waals surface area contributed by atoms with Gasteiger partial charge in [0.1, 0.15) is 5.71 Å². The fourth-order valence-corrected chi connectivity index (χ4v) is 3.42. The highest BCUT2D eigenvalue weighted by Crippen LogP contribution is 2.38. The summed E-state index contributed by atoms with van der Waals surface area (Å²) in [6.45, 7) is 3.36. The third-order valence-electron chi connectivity index (χ3n) is 5.00. The number of carbonyl (C=O) groups excluding carboxylic acids is 1. The van der Waals surface area contributed by atoms with Crippen molar-refractivity contribution in [1.29, 1.82) is 0 Å². The van der Waals surface area contributed by atoms with Crippen molar-refractivity contribution in [1.82, 2.24) is 9.91 Å². The molecule has 2 aromatic carbocycles. The van der Waals surface area contributed by atoms with Gasteiger partial charge in [-0.1, -0.05) is 31.5 Å². The minimum Gasteiger partial charge on any atom is -0.454 e. The van der Waals surface area contributed by atoms with Gasteiger partial charge in [0, 0.05) is 30.4 Å². The zero-order valence-corrected chi connectivity index (χ0v) is 16.1. The summed E-state index contributed by atoms with van der Waals surface area (Å²) in [4.78, 5) is 14.7. The number of nitrogen functional groups attached to an aromatic ring is 1. The van der Waals surface area contributed by atoms with E-state index in [2.05, 4.69) is 6.92 Å². The molecule has 7 heteroatoms. The Bertz CT molecular complexity index is 941. The Morgan fingerprint density at radius 3 is 2.71 bits per heavy atom. The van der Waals surface area contributed by atoms with Gasteiger partial charge in [0.2, 0.25) is 6.79 Å². The topological polar surface area (TPSA) is 80.4 Å². The summed E-state index contributed by atoms with van der Waals surface area (Å²) in [7, 11) is 1.80. The van der Waals surface area contributed by atoms with Gasteiger partial charge in [0.25, 0.3) is 0 Å². The van der Waals surface area contributed by atoms with Crippen molar-refractivity contribution >= 4 is 17.4 Å². The molecule has 0 fully saturated rings. The van der Waals surface area contributed by atoms with E-state index >= 15 is 0 Å². The van der Waals surface area contributed by atoms with Crippen molar-refractivity contribution < 1.29 is 14.3 Å². The van der Waals surface area contributed by atoms with Crippen LogP contribution in [0.25, 0.3) is 0 Å². The highest BCUT2D eigenvalue weighted by Gasteiger charge is 2.29. The average molecular weight is 380 g/mol. The van der Waals surface area contributed by atoms with Crippen LogP contribution in [0, 0.1) is 0 Å². The van der Waals surface area contributed by atoms with E-state index in [0.717, 1.165) is 29.5 Å². The number of carbonyl (C=O) groups is 1. The first kappa shape index (κ1) is 18.2. The van der Waals surface area contributed by atoms with Gasteiger partial charge in [-0.3, -0.25) is 0 Å². The maximum absolute atomic E-state index is 13.0. The summed E-state index contributed by atoms with van der Waals surface area (Å²) < 4.78 is 11.1. The molecule has 0 aromatic heterocycles. The third-order valence-corrected chi connectivity index (χ3v) is 5.00. The van der Waals surface area contributed by atoms with Crippen LogP contribution >= 0.6 is 0 Å².